The Kier molecular flexibility index (Phi) is 6.37. The molecule has 0 aliphatic heterocycles. The third-order valence-electron chi connectivity index (χ3n) is 4.91. The summed E-state index contributed by atoms with van der Waals surface area (Å²) in [6, 6.07) is 14.9. The van der Waals surface area contributed by atoms with Crippen LogP contribution in [0.3, 0.4) is 0 Å². The molecule has 1 heterocycles. The predicted molar refractivity (Wildman–Crippen MR) is 124 cm³/mol. The number of hydrogen-bond donors (Lipinski definition) is 1. The molecule has 0 aliphatic rings. The lowest BCUT2D eigenvalue weighted by Gasteiger charge is -2.17. The van der Waals surface area contributed by atoms with Crippen LogP contribution in [-0.2, 0) is 4.79 Å². The van der Waals surface area contributed by atoms with Gasteiger partial charge in [-0.3, -0.25) is 24.3 Å². The summed E-state index contributed by atoms with van der Waals surface area (Å²) in [4.78, 5) is 41.1. The molecule has 0 saturated heterocycles. The van der Waals surface area contributed by atoms with Crippen LogP contribution in [0, 0.1) is 21.7 Å². The first kappa shape index (κ1) is 23.1. The number of hydrogen-bond acceptors (Lipinski definition) is 6. The lowest BCUT2D eigenvalue weighted by Crippen LogP contribution is -2.27. The number of nitrogens with zero attached hydrogens (tertiary/aromatic N) is 3. The highest BCUT2D eigenvalue weighted by Gasteiger charge is 2.23. The smallest absolute Gasteiger partial charge is 0.292 e. The molecule has 0 spiro atoms. The van der Waals surface area contributed by atoms with Gasteiger partial charge in [-0.2, -0.15) is 0 Å². The minimum absolute atomic E-state index is 0.000537. The summed E-state index contributed by atoms with van der Waals surface area (Å²) in [5.74, 6) is -2.37. The molecule has 1 unspecified atom stereocenters. The molecule has 0 saturated carbocycles. The SMILES string of the molecule is CC(Sc1nc2ccccc2c(=O)n1-c1ccc(F)cc1F)C(=O)Nc1ccccc1[N+](=O)[O-]. The summed E-state index contributed by atoms with van der Waals surface area (Å²) in [6.45, 7) is 1.52. The number of carbonyl (C=O) groups excluding carboxylic acids is 1. The van der Waals surface area contributed by atoms with Crippen molar-refractivity contribution >= 4 is 39.9 Å². The number of nitro groups is 1. The fourth-order valence-electron chi connectivity index (χ4n) is 3.25. The van der Waals surface area contributed by atoms with Gasteiger partial charge in [0.05, 0.1) is 26.8 Å². The topological polar surface area (TPSA) is 107 Å². The van der Waals surface area contributed by atoms with E-state index in [9.17, 15) is 28.5 Å². The Bertz CT molecular complexity index is 1490. The highest BCUT2D eigenvalue weighted by molar-refractivity contribution is 8.00. The van der Waals surface area contributed by atoms with E-state index >= 15 is 0 Å². The average Bonchev–Trinajstić information content (AvgIpc) is 2.80. The normalized spacial score (nSPS) is 11.9. The number of amides is 1. The van der Waals surface area contributed by atoms with E-state index in [1.165, 1.54) is 31.2 Å². The maximum absolute atomic E-state index is 14.6. The molecule has 1 aromatic heterocycles. The van der Waals surface area contributed by atoms with Crippen LogP contribution in [-0.4, -0.2) is 25.6 Å². The fourth-order valence-corrected chi connectivity index (χ4v) is 4.17. The number of rotatable bonds is 6. The summed E-state index contributed by atoms with van der Waals surface area (Å²) >= 11 is 0.858. The van der Waals surface area contributed by atoms with Crippen LogP contribution in [0.4, 0.5) is 20.2 Å². The zero-order chi connectivity index (χ0) is 24.4. The maximum atomic E-state index is 14.6. The predicted octanol–water partition coefficient (Wildman–Crippen LogP) is 4.69. The number of thioether (sulfide) groups is 1. The van der Waals surface area contributed by atoms with Gasteiger partial charge in [0.2, 0.25) is 5.91 Å². The van der Waals surface area contributed by atoms with Crippen LogP contribution in [0.15, 0.2) is 76.7 Å². The van der Waals surface area contributed by atoms with E-state index in [2.05, 4.69) is 10.3 Å². The highest BCUT2D eigenvalue weighted by Crippen LogP contribution is 2.29. The quantitative estimate of drug-likeness (QED) is 0.185. The molecule has 0 fully saturated rings. The van der Waals surface area contributed by atoms with Crippen molar-refractivity contribution in [1.29, 1.82) is 0 Å². The molecule has 0 radical (unpaired) electrons. The Balaban J connectivity index is 1.75. The van der Waals surface area contributed by atoms with Gasteiger partial charge in [-0.15, -0.1) is 0 Å². The molecule has 0 aliphatic carbocycles. The summed E-state index contributed by atoms with van der Waals surface area (Å²) < 4.78 is 29.1. The molecule has 34 heavy (non-hydrogen) atoms. The maximum Gasteiger partial charge on any atom is 0.292 e. The first-order valence-electron chi connectivity index (χ1n) is 9.94. The minimum atomic E-state index is -0.974. The van der Waals surface area contributed by atoms with Crippen LogP contribution < -0.4 is 10.9 Å². The second-order valence-corrected chi connectivity index (χ2v) is 8.48. The van der Waals surface area contributed by atoms with Crippen molar-refractivity contribution < 1.29 is 18.5 Å². The summed E-state index contributed by atoms with van der Waals surface area (Å²) in [7, 11) is 0. The van der Waals surface area contributed by atoms with Crippen LogP contribution in [0.1, 0.15) is 6.92 Å². The van der Waals surface area contributed by atoms with Crippen LogP contribution >= 0.6 is 11.8 Å². The van der Waals surface area contributed by atoms with Crippen molar-refractivity contribution in [3.63, 3.8) is 0 Å². The Labute approximate surface area is 195 Å². The molecule has 1 N–H and O–H groups in total. The number of nitro benzene ring substituents is 1. The molecule has 1 amide bonds. The van der Waals surface area contributed by atoms with E-state index < -0.39 is 33.3 Å². The molecule has 1 atom stereocenters. The van der Waals surface area contributed by atoms with Gasteiger partial charge in [-0.05, 0) is 37.3 Å². The van der Waals surface area contributed by atoms with E-state index in [0.717, 1.165) is 28.5 Å². The number of fused-ring (bicyclic) bond motifs is 1. The lowest BCUT2D eigenvalue weighted by molar-refractivity contribution is -0.383. The monoisotopic (exact) mass is 482 g/mol. The Hall–Kier alpha value is -4.12. The summed E-state index contributed by atoms with van der Waals surface area (Å²) in [6.07, 6.45) is 0. The Morgan fingerprint density at radius 3 is 2.56 bits per heavy atom. The van der Waals surface area contributed by atoms with Gasteiger partial charge >= 0.3 is 0 Å². The van der Waals surface area contributed by atoms with Crippen molar-refractivity contribution in [3.05, 3.63) is 98.8 Å². The van der Waals surface area contributed by atoms with Crippen molar-refractivity contribution in [2.75, 3.05) is 5.32 Å². The summed E-state index contributed by atoms with van der Waals surface area (Å²) in [5, 5.41) is 13.1. The third kappa shape index (κ3) is 4.50. The van der Waals surface area contributed by atoms with Crippen LogP contribution in [0.5, 0.6) is 0 Å². The second kappa shape index (κ2) is 9.40. The number of aromatic nitrogens is 2. The molecule has 4 rings (SSSR count). The van der Waals surface area contributed by atoms with Crippen molar-refractivity contribution in [2.45, 2.75) is 17.3 Å². The zero-order valence-corrected chi connectivity index (χ0v) is 18.4. The second-order valence-electron chi connectivity index (χ2n) is 7.17. The third-order valence-corrected chi connectivity index (χ3v) is 5.96. The van der Waals surface area contributed by atoms with E-state index in [1.807, 2.05) is 0 Å². The van der Waals surface area contributed by atoms with Crippen molar-refractivity contribution in [1.82, 2.24) is 9.55 Å². The Morgan fingerprint density at radius 1 is 1.12 bits per heavy atom. The number of nitrogens with one attached hydrogen (secondary N) is 1. The summed E-state index contributed by atoms with van der Waals surface area (Å²) in [5.41, 5.74) is -0.746. The largest absolute Gasteiger partial charge is 0.319 e. The highest BCUT2D eigenvalue weighted by atomic mass is 32.2. The number of benzene rings is 3. The van der Waals surface area contributed by atoms with Gasteiger partial charge in [0, 0.05) is 12.1 Å². The lowest BCUT2D eigenvalue weighted by atomic mass is 10.2. The molecule has 0 bridgehead atoms. The molecular formula is C23H16F2N4O4S. The van der Waals surface area contributed by atoms with Gasteiger partial charge in [0.25, 0.3) is 11.2 Å². The Morgan fingerprint density at radius 2 is 1.82 bits per heavy atom. The zero-order valence-electron chi connectivity index (χ0n) is 17.6. The molecule has 4 aromatic rings. The van der Waals surface area contributed by atoms with E-state index in [1.54, 1.807) is 24.3 Å². The van der Waals surface area contributed by atoms with Crippen molar-refractivity contribution in [3.8, 4) is 5.69 Å². The van der Waals surface area contributed by atoms with E-state index in [4.69, 9.17) is 0 Å². The number of halogens is 2. The molecular weight excluding hydrogens is 466 g/mol. The molecule has 11 heteroatoms. The minimum Gasteiger partial charge on any atom is -0.319 e. The van der Waals surface area contributed by atoms with Gasteiger partial charge in [-0.1, -0.05) is 36.0 Å². The van der Waals surface area contributed by atoms with Gasteiger partial charge < -0.3 is 5.32 Å². The first-order chi connectivity index (χ1) is 16.3. The fraction of sp³-hybridized carbons (Fsp3) is 0.0870. The van der Waals surface area contributed by atoms with Gasteiger partial charge in [0.1, 0.15) is 17.3 Å². The van der Waals surface area contributed by atoms with Crippen LogP contribution in [0.2, 0.25) is 0 Å². The molecule has 3 aromatic carbocycles. The number of para-hydroxylation sites is 3. The molecule has 8 nitrogen and oxygen atoms in total. The molecule has 172 valence electrons. The standard InChI is InChI=1S/C23H16F2N4O4S/c1-13(21(30)26-18-8-4-5-9-20(18)29(32)33)34-23-27-17-7-3-2-6-15(17)22(31)28(23)19-11-10-14(24)12-16(19)25/h2-13H,1H3,(H,26,30). The van der Waals surface area contributed by atoms with E-state index in [0.29, 0.717) is 11.6 Å². The number of anilines is 1. The number of carbonyl (C=O) groups is 1. The first-order valence-corrected chi connectivity index (χ1v) is 10.8. The van der Waals surface area contributed by atoms with Crippen molar-refractivity contribution in [2.24, 2.45) is 0 Å². The van der Waals surface area contributed by atoms with Gasteiger partial charge in [-0.25, -0.2) is 13.8 Å². The van der Waals surface area contributed by atoms with E-state index in [-0.39, 0.29) is 27.6 Å². The van der Waals surface area contributed by atoms with Crippen LogP contribution in [0.25, 0.3) is 16.6 Å². The van der Waals surface area contributed by atoms with Gasteiger partial charge in [0.15, 0.2) is 5.16 Å². The average molecular weight is 482 g/mol.